The van der Waals surface area contributed by atoms with E-state index in [1.54, 1.807) is 0 Å². The van der Waals surface area contributed by atoms with E-state index in [1.807, 2.05) is 6.07 Å². The molecule has 0 fully saturated rings. The van der Waals surface area contributed by atoms with Gasteiger partial charge in [0.1, 0.15) is 5.75 Å². The molecule has 2 heteroatoms. The fourth-order valence-electron chi connectivity index (χ4n) is 1.74. The Hall–Kier alpha value is -1.02. The van der Waals surface area contributed by atoms with E-state index in [-0.39, 0.29) is 0 Å². The number of rotatable bonds is 7. The zero-order valence-electron chi connectivity index (χ0n) is 11.5. The van der Waals surface area contributed by atoms with Crippen molar-refractivity contribution in [3.05, 3.63) is 29.8 Å². The maximum atomic E-state index is 5.92. The Labute approximate surface area is 105 Å². The molecular formula is C15H25NO. The third-order valence-corrected chi connectivity index (χ3v) is 3.12. The minimum Gasteiger partial charge on any atom is -0.493 e. The molecule has 0 aliphatic rings. The van der Waals surface area contributed by atoms with Crippen molar-refractivity contribution >= 4 is 0 Å². The molecule has 1 aromatic rings. The van der Waals surface area contributed by atoms with Crippen molar-refractivity contribution in [2.24, 2.45) is 5.92 Å². The van der Waals surface area contributed by atoms with E-state index in [2.05, 4.69) is 51.2 Å². The molecule has 1 aromatic carbocycles. The van der Waals surface area contributed by atoms with E-state index >= 15 is 0 Å². The summed E-state index contributed by atoms with van der Waals surface area (Å²) in [5.74, 6) is 1.62. The second-order valence-electron chi connectivity index (χ2n) is 4.64. The Morgan fingerprint density at radius 3 is 2.53 bits per heavy atom. The van der Waals surface area contributed by atoms with Crippen LogP contribution in [0.2, 0.25) is 0 Å². The fourth-order valence-corrected chi connectivity index (χ4v) is 1.74. The first-order chi connectivity index (χ1) is 8.19. The largest absolute Gasteiger partial charge is 0.493 e. The van der Waals surface area contributed by atoms with Crippen molar-refractivity contribution in [1.29, 1.82) is 0 Å². The Morgan fingerprint density at radius 1 is 1.18 bits per heavy atom. The summed E-state index contributed by atoms with van der Waals surface area (Å²) in [6, 6.07) is 8.64. The van der Waals surface area contributed by atoms with Crippen LogP contribution in [0.1, 0.15) is 45.7 Å². The van der Waals surface area contributed by atoms with Crippen LogP contribution in [0, 0.1) is 5.92 Å². The number of para-hydroxylation sites is 1. The van der Waals surface area contributed by atoms with Crippen molar-refractivity contribution in [2.75, 3.05) is 13.2 Å². The molecule has 2 atom stereocenters. The molecule has 0 saturated heterocycles. The van der Waals surface area contributed by atoms with E-state index < -0.39 is 0 Å². The van der Waals surface area contributed by atoms with Gasteiger partial charge < -0.3 is 10.1 Å². The van der Waals surface area contributed by atoms with Crippen LogP contribution in [0.3, 0.4) is 0 Å². The molecule has 0 aliphatic heterocycles. The lowest BCUT2D eigenvalue weighted by Crippen LogP contribution is -2.19. The summed E-state index contributed by atoms with van der Waals surface area (Å²) in [7, 11) is 0. The van der Waals surface area contributed by atoms with Gasteiger partial charge in [0.2, 0.25) is 0 Å². The van der Waals surface area contributed by atoms with Gasteiger partial charge >= 0.3 is 0 Å². The molecule has 0 amide bonds. The zero-order chi connectivity index (χ0) is 12.7. The highest BCUT2D eigenvalue weighted by Crippen LogP contribution is 2.25. The highest BCUT2D eigenvalue weighted by atomic mass is 16.5. The Morgan fingerprint density at radius 2 is 1.88 bits per heavy atom. The zero-order valence-corrected chi connectivity index (χ0v) is 11.5. The topological polar surface area (TPSA) is 21.3 Å². The molecule has 2 unspecified atom stereocenters. The summed E-state index contributed by atoms with van der Waals surface area (Å²) in [6.45, 7) is 10.5. The number of benzene rings is 1. The minimum absolute atomic E-state index is 0.341. The molecule has 2 nitrogen and oxygen atoms in total. The first-order valence-corrected chi connectivity index (χ1v) is 6.64. The van der Waals surface area contributed by atoms with Gasteiger partial charge in [-0.3, -0.25) is 0 Å². The standard InChI is InChI=1S/C15H25NO/c1-5-12(3)11-17-15-10-8-7-9-14(15)13(4)16-6-2/h7-10,12-13,16H,5-6,11H2,1-4H3. The second kappa shape index (κ2) is 7.33. The second-order valence-corrected chi connectivity index (χ2v) is 4.64. The van der Waals surface area contributed by atoms with Gasteiger partial charge in [-0.15, -0.1) is 0 Å². The van der Waals surface area contributed by atoms with Crippen LogP contribution in [0.25, 0.3) is 0 Å². The molecule has 0 spiro atoms. The minimum atomic E-state index is 0.341. The number of ether oxygens (including phenoxy) is 1. The third-order valence-electron chi connectivity index (χ3n) is 3.12. The summed E-state index contributed by atoms with van der Waals surface area (Å²) in [5, 5.41) is 3.42. The summed E-state index contributed by atoms with van der Waals surface area (Å²) < 4.78 is 5.92. The summed E-state index contributed by atoms with van der Waals surface area (Å²) in [4.78, 5) is 0. The van der Waals surface area contributed by atoms with Crippen molar-refractivity contribution < 1.29 is 4.74 Å². The molecule has 0 aromatic heterocycles. The lowest BCUT2D eigenvalue weighted by Gasteiger charge is -2.19. The van der Waals surface area contributed by atoms with Gasteiger partial charge in [-0.25, -0.2) is 0 Å². The van der Waals surface area contributed by atoms with Gasteiger partial charge in [-0.05, 0) is 25.5 Å². The fraction of sp³-hybridized carbons (Fsp3) is 0.600. The van der Waals surface area contributed by atoms with Crippen LogP contribution in [0.15, 0.2) is 24.3 Å². The van der Waals surface area contributed by atoms with Gasteiger partial charge in [-0.1, -0.05) is 45.4 Å². The molecular weight excluding hydrogens is 210 g/mol. The quantitative estimate of drug-likeness (QED) is 0.776. The lowest BCUT2D eigenvalue weighted by atomic mass is 10.1. The third kappa shape index (κ3) is 4.39. The molecule has 1 rings (SSSR count). The van der Waals surface area contributed by atoms with E-state index in [0.717, 1.165) is 25.3 Å². The monoisotopic (exact) mass is 235 g/mol. The molecule has 0 saturated carbocycles. The molecule has 1 N–H and O–H groups in total. The number of nitrogens with one attached hydrogen (secondary N) is 1. The maximum absolute atomic E-state index is 5.92. The highest BCUT2D eigenvalue weighted by molar-refractivity contribution is 5.35. The average Bonchev–Trinajstić information content (AvgIpc) is 2.36. The van der Waals surface area contributed by atoms with E-state index in [1.165, 1.54) is 5.56 Å². The van der Waals surface area contributed by atoms with Crippen molar-refractivity contribution in [3.8, 4) is 5.75 Å². The Kier molecular flexibility index (Phi) is 6.06. The van der Waals surface area contributed by atoms with Crippen LogP contribution >= 0.6 is 0 Å². The summed E-state index contributed by atoms with van der Waals surface area (Å²) >= 11 is 0. The normalized spacial score (nSPS) is 14.4. The van der Waals surface area contributed by atoms with Crippen LogP contribution in [-0.2, 0) is 0 Å². The first-order valence-electron chi connectivity index (χ1n) is 6.64. The molecule has 0 heterocycles. The molecule has 0 bridgehead atoms. The molecule has 0 aliphatic carbocycles. The van der Waals surface area contributed by atoms with Crippen LogP contribution in [0.4, 0.5) is 0 Å². The SMILES string of the molecule is CCNC(C)c1ccccc1OCC(C)CC. The average molecular weight is 235 g/mol. The molecule has 0 radical (unpaired) electrons. The van der Waals surface area contributed by atoms with Crippen LogP contribution in [-0.4, -0.2) is 13.2 Å². The van der Waals surface area contributed by atoms with Gasteiger partial charge in [-0.2, -0.15) is 0 Å². The predicted molar refractivity (Wildman–Crippen MR) is 73.5 cm³/mol. The predicted octanol–water partition coefficient (Wildman–Crippen LogP) is 3.78. The van der Waals surface area contributed by atoms with Gasteiger partial charge in [0.15, 0.2) is 0 Å². The van der Waals surface area contributed by atoms with Crippen molar-refractivity contribution in [1.82, 2.24) is 5.32 Å². The van der Waals surface area contributed by atoms with Crippen LogP contribution in [0.5, 0.6) is 5.75 Å². The van der Waals surface area contributed by atoms with Gasteiger partial charge in [0.25, 0.3) is 0 Å². The Balaban J connectivity index is 2.70. The molecule has 96 valence electrons. The van der Waals surface area contributed by atoms with E-state index in [4.69, 9.17) is 4.74 Å². The smallest absolute Gasteiger partial charge is 0.124 e. The van der Waals surface area contributed by atoms with E-state index in [9.17, 15) is 0 Å². The highest BCUT2D eigenvalue weighted by Gasteiger charge is 2.10. The number of hydrogen-bond donors (Lipinski definition) is 1. The summed E-state index contributed by atoms with van der Waals surface area (Å²) in [6.07, 6.45) is 1.16. The Bertz CT molecular complexity index is 324. The maximum Gasteiger partial charge on any atom is 0.124 e. The van der Waals surface area contributed by atoms with Crippen molar-refractivity contribution in [3.63, 3.8) is 0 Å². The van der Waals surface area contributed by atoms with E-state index in [0.29, 0.717) is 12.0 Å². The molecule has 17 heavy (non-hydrogen) atoms. The van der Waals surface area contributed by atoms with Crippen LogP contribution < -0.4 is 10.1 Å². The lowest BCUT2D eigenvalue weighted by molar-refractivity contribution is 0.252. The number of hydrogen-bond acceptors (Lipinski definition) is 2. The summed E-state index contributed by atoms with van der Waals surface area (Å²) in [5.41, 5.74) is 1.25. The van der Waals surface area contributed by atoms with Gasteiger partial charge in [0, 0.05) is 11.6 Å². The van der Waals surface area contributed by atoms with Gasteiger partial charge in [0.05, 0.1) is 6.61 Å². The van der Waals surface area contributed by atoms with Crippen molar-refractivity contribution in [2.45, 2.75) is 40.2 Å². The first kappa shape index (κ1) is 14.0.